The Morgan fingerprint density at radius 1 is 1.05 bits per heavy atom. The largest absolute Gasteiger partial charge is 0.493 e. The fourth-order valence-corrected chi connectivity index (χ4v) is 5.23. The molecule has 6 rings (SSSR count). The van der Waals surface area contributed by atoms with Gasteiger partial charge in [-0.25, -0.2) is 0 Å². The SMILES string of the molecule is O=C1CCC(N2C(=O)c3cccc(NCc4cnn(Cc5cccc6c5CCCO6)c4)c3C2=O)C(=O)N1. The Kier molecular flexibility index (Phi) is 5.71. The Labute approximate surface area is 212 Å². The molecule has 188 valence electrons. The predicted octanol–water partition coefficient (Wildman–Crippen LogP) is 2.27. The Hall–Kier alpha value is -4.47. The van der Waals surface area contributed by atoms with Gasteiger partial charge in [0.2, 0.25) is 11.8 Å². The molecule has 1 saturated heterocycles. The van der Waals surface area contributed by atoms with Crippen molar-refractivity contribution in [1.82, 2.24) is 20.0 Å². The Bertz CT molecular complexity index is 1440. The first-order valence-corrected chi connectivity index (χ1v) is 12.3. The standard InChI is InChI=1S/C27H25N5O5/c33-23-10-9-21(25(34)30-23)32-26(35)19-5-2-7-20(24(19)27(32)36)28-12-16-13-29-31(14-16)15-17-4-1-8-22-18(17)6-3-11-37-22/h1-2,4-5,7-8,13-14,21,28H,3,6,9-12,15H2,(H,30,33,34). The summed E-state index contributed by atoms with van der Waals surface area (Å²) in [5.41, 5.74) is 4.31. The molecule has 10 heteroatoms. The summed E-state index contributed by atoms with van der Waals surface area (Å²) in [6.45, 7) is 1.77. The lowest BCUT2D eigenvalue weighted by Crippen LogP contribution is -2.54. The Morgan fingerprint density at radius 2 is 1.92 bits per heavy atom. The molecule has 3 aliphatic rings. The van der Waals surface area contributed by atoms with Crippen molar-refractivity contribution in [2.24, 2.45) is 0 Å². The van der Waals surface area contributed by atoms with Crippen LogP contribution in [0.15, 0.2) is 48.8 Å². The van der Waals surface area contributed by atoms with Gasteiger partial charge < -0.3 is 10.1 Å². The molecule has 1 fully saturated rings. The van der Waals surface area contributed by atoms with Crippen LogP contribution in [0.25, 0.3) is 0 Å². The number of aromatic nitrogens is 2. The average molecular weight is 500 g/mol. The molecule has 2 aromatic carbocycles. The van der Waals surface area contributed by atoms with E-state index in [1.54, 1.807) is 24.4 Å². The average Bonchev–Trinajstić information content (AvgIpc) is 3.45. The Balaban J connectivity index is 1.17. The summed E-state index contributed by atoms with van der Waals surface area (Å²) in [4.78, 5) is 51.1. The van der Waals surface area contributed by atoms with Gasteiger partial charge in [0.1, 0.15) is 11.8 Å². The van der Waals surface area contributed by atoms with E-state index in [-0.39, 0.29) is 24.0 Å². The molecule has 1 unspecified atom stereocenters. The quantitative estimate of drug-likeness (QED) is 0.499. The number of nitrogens with zero attached hydrogens (tertiary/aromatic N) is 3. The number of carbonyl (C=O) groups excluding carboxylic acids is 4. The highest BCUT2D eigenvalue weighted by atomic mass is 16.5. The molecule has 1 atom stereocenters. The van der Waals surface area contributed by atoms with E-state index < -0.39 is 29.7 Å². The lowest BCUT2D eigenvalue weighted by molar-refractivity contribution is -0.136. The van der Waals surface area contributed by atoms with Crippen molar-refractivity contribution in [2.75, 3.05) is 11.9 Å². The monoisotopic (exact) mass is 499 g/mol. The van der Waals surface area contributed by atoms with Crippen LogP contribution in [0.2, 0.25) is 0 Å². The number of imide groups is 2. The van der Waals surface area contributed by atoms with Crippen molar-refractivity contribution in [3.63, 3.8) is 0 Å². The fourth-order valence-electron chi connectivity index (χ4n) is 5.23. The molecule has 0 aliphatic carbocycles. The third-order valence-corrected chi connectivity index (χ3v) is 7.03. The molecule has 4 heterocycles. The van der Waals surface area contributed by atoms with E-state index in [1.807, 2.05) is 23.0 Å². The van der Waals surface area contributed by atoms with Gasteiger partial charge in [-0.1, -0.05) is 18.2 Å². The summed E-state index contributed by atoms with van der Waals surface area (Å²) < 4.78 is 7.64. The van der Waals surface area contributed by atoms with E-state index in [9.17, 15) is 19.2 Å². The van der Waals surface area contributed by atoms with Crippen molar-refractivity contribution in [3.05, 3.63) is 76.6 Å². The molecule has 0 saturated carbocycles. The second-order valence-corrected chi connectivity index (χ2v) is 9.42. The van der Waals surface area contributed by atoms with E-state index in [0.29, 0.717) is 18.8 Å². The van der Waals surface area contributed by atoms with Gasteiger partial charge in [-0.05, 0) is 48.6 Å². The number of carbonyl (C=O) groups is 4. The summed E-state index contributed by atoms with van der Waals surface area (Å²) >= 11 is 0. The number of hydrogen-bond donors (Lipinski definition) is 2. The van der Waals surface area contributed by atoms with Crippen molar-refractivity contribution in [1.29, 1.82) is 0 Å². The highest BCUT2D eigenvalue weighted by Gasteiger charge is 2.45. The number of ether oxygens (including phenoxy) is 1. The molecular weight excluding hydrogens is 474 g/mol. The van der Waals surface area contributed by atoms with Crippen LogP contribution in [-0.2, 0) is 29.1 Å². The van der Waals surface area contributed by atoms with Crippen molar-refractivity contribution in [3.8, 4) is 5.75 Å². The number of nitrogens with one attached hydrogen (secondary N) is 2. The van der Waals surface area contributed by atoms with Crippen molar-refractivity contribution >= 4 is 29.3 Å². The number of fused-ring (bicyclic) bond motifs is 2. The number of anilines is 1. The second-order valence-electron chi connectivity index (χ2n) is 9.42. The van der Waals surface area contributed by atoms with Gasteiger partial charge in [-0.2, -0.15) is 5.10 Å². The normalized spacial score (nSPS) is 18.8. The molecule has 3 aromatic rings. The van der Waals surface area contributed by atoms with Crippen LogP contribution in [0.1, 0.15) is 56.7 Å². The van der Waals surface area contributed by atoms with Gasteiger partial charge in [0, 0.05) is 30.4 Å². The van der Waals surface area contributed by atoms with Gasteiger partial charge >= 0.3 is 0 Å². The zero-order valence-corrected chi connectivity index (χ0v) is 20.0. The zero-order chi connectivity index (χ0) is 25.5. The number of hydrogen-bond acceptors (Lipinski definition) is 7. The molecule has 3 aliphatic heterocycles. The minimum Gasteiger partial charge on any atom is -0.493 e. The molecule has 37 heavy (non-hydrogen) atoms. The lowest BCUT2D eigenvalue weighted by Gasteiger charge is -2.27. The van der Waals surface area contributed by atoms with Crippen LogP contribution >= 0.6 is 0 Å². The van der Waals surface area contributed by atoms with Crippen LogP contribution in [0.4, 0.5) is 5.69 Å². The first kappa shape index (κ1) is 23.0. The number of piperidine rings is 1. The minimum absolute atomic E-state index is 0.0811. The van der Waals surface area contributed by atoms with Crippen molar-refractivity contribution in [2.45, 2.75) is 44.8 Å². The number of rotatable bonds is 6. The van der Waals surface area contributed by atoms with Gasteiger partial charge in [-0.3, -0.25) is 34.1 Å². The smallest absolute Gasteiger partial charge is 0.264 e. The molecule has 0 spiro atoms. The topological polar surface area (TPSA) is 123 Å². The molecular formula is C27H25N5O5. The number of benzene rings is 2. The maximum atomic E-state index is 13.3. The van der Waals surface area contributed by atoms with Crippen LogP contribution in [0.3, 0.4) is 0 Å². The first-order chi connectivity index (χ1) is 18.0. The molecule has 10 nitrogen and oxygen atoms in total. The summed E-state index contributed by atoms with van der Waals surface area (Å²) in [5.74, 6) is -1.15. The summed E-state index contributed by atoms with van der Waals surface area (Å²) in [6, 6.07) is 10.1. The third-order valence-electron chi connectivity index (χ3n) is 7.03. The molecule has 1 aromatic heterocycles. The van der Waals surface area contributed by atoms with E-state index >= 15 is 0 Å². The van der Waals surface area contributed by atoms with Gasteiger partial charge in [-0.15, -0.1) is 0 Å². The van der Waals surface area contributed by atoms with E-state index in [4.69, 9.17) is 4.74 Å². The highest BCUT2D eigenvalue weighted by Crippen LogP contribution is 2.33. The highest BCUT2D eigenvalue weighted by molar-refractivity contribution is 6.25. The molecule has 0 radical (unpaired) electrons. The van der Waals surface area contributed by atoms with E-state index in [0.717, 1.165) is 35.7 Å². The minimum atomic E-state index is -0.995. The third kappa shape index (κ3) is 4.14. The number of amides is 4. The molecule has 2 N–H and O–H groups in total. The van der Waals surface area contributed by atoms with Crippen LogP contribution in [0.5, 0.6) is 5.75 Å². The maximum absolute atomic E-state index is 13.3. The fraction of sp³-hybridized carbons (Fsp3) is 0.296. The summed E-state index contributed by atoms with van der Waals surface area (Å²) in [6.07, 6.45) is 5.91. The lowest BCUT2D eigenvalue weighted by atomic mass is 10.00. The first-order valence-electron chi connectivity index (χ1n) is 12.3. The van der Waals surface area contributed by atoms with Gasteiger partial charge in [0.05, 0.1) is 30.5 Å². The van der Waals surface area contributed by atoms with Crippen LogP contribution in [-0.4, -0.2) is 51.0 Å². The predicted molar refractivity (Wildman–Crippen MR) is 132 cm³/mol. The van der Waals surface area contributed by atoms with Crippen molar-refractivity contribution < 1.29 is 23.9 Å². The summed E-state index contributed by atoms with van der Waals surface area (Å²) in [5, 5.41) is 9.96. The van der Waals surface area contributed by atoms with Crippen LogP contribution in [0, 0.1) is 0 Å². The maximum Gasteiger partial charge on any atom is 0.264 e. The van der Waals surface area contributed by atoms with Gasteiger partial charge in [0.25, 0.3) is 11.8 Å². The van der Waals surface area contributed by atoms with E-state index in [1.165, 1.54) is 11.1 Å². The van der Waals surface area contributed by atoms with Crippen LogP contribution < -0.4 is 15.4 Å². The second kappa shape index (κ2) is 9.20. The van der Waals surface area contributed by atoms with E-state index in [2.05, 4.69) is 21.8 Å². The molecule has 4 amide bonds. The summed E-state index contributed by atoms with van der Waals surface area (Å²) in [7, 11) is 0. The van der Waals surface area contributed by atoms with Gasteiger partial charge in [0.15, 0.2) is 0 Å². The Morgan fingerprint density at radius 3 is 2.78 bits per heavy atom. The zero-order valence-electron chi connectivity index (χ0n) is 20.0. The molecule has 0 bridgehead atoms.